The van der Waals surface area contributed by atoms with Crippen LogP contribution in [0.25, 0.3) is 0 Å². The first-order valence-corrected chi connectivity index (χ1v) is 9.52. The molecule has 0 unspecified atom stereocenters. The van der Waals surface area contributed by atoms with Gasteiger partial charge in [0.15, 0.2) is 17.3 Å². The van der Waals surface area contributed by atoms with E-state index in [1.165, 1.54) is 12.5 Å². The molecule has 0 saturated heterocycles. The molecule has 2 aromatic carbocycles. The van der Waals surface area contributed by atoms with Crippen molar-refractivity contribution in [3.05, 3.63) is 70.2 Å². The van der Waals surface area contributed by atoms with Gasteiger partial charge in [0.25, 0.3) is 0 Å². The van der Waals surface area contributed by atoms with Crippen molar-refractivity contribution in [2.45, 2.75) is 6.61 Å². The van der Waals surface area contributed by atoms with Crippen LogP contribution < -0.4 is 14.2 Å². The maximum atomic E-state index is 12.2. The van der Waals surface area contributed by atoms with E-state index in [2.05, 4.69) is 9.72 Å². The summed E-state index contributed by atoms with van der Waals surface area (Å²) < 4.78 is 20.9. The number of carbonyl (C=O) groups excluding carboxylic acids is 2. The number of methoxy groups -OCH3 is 2. The Morgan fingerprint density at radius 1 is 0.897 bits per heavy atom. The zero-order chi connectivity index (χ0) is 20.6. The molecule has 7 nitrogen and oxygen atoms in total. The number of benzene rings is 2. The molecule has 0 aliphatic rings. The fraction of sp³-hybridized carbons (Fsp3) is 0.190. The van der Waals surface area contributed by atoms with Gasteiger partial charge in [0.2, 0.25) is 5.78 Å². The normalized spacial score (nSPS) is 10.3. The van der Waals surface area contributed by atoms with Crippen LogP contribution in [0.5, 0.6) is 17.2 Å². The monoisotopic (exact) mass is 413 g/mol. The second kappa shape index (κ2) is 9.70. The number of carbonyl (C=O) groups is 2. The van der Waals surface area contributed by atoms with E-state index in [0.717, 1.165) is 22.6 Å². The summed E-state index contributed by atoms with van der Waals surface area (Å²) in [6.07, 6.45) is 0. The van der Waals surface area contributed by atoms with Gasteiger partial charge in [0.1, 0.15) is 23.9 Å². The minimum atomic E-state index is -0.577. The first-order chi connectivity index (χ1) is 14.1. The van der Waals surface area contributed by atoms with Crippen LogP contribution in [-0.4, -0.2) is 37.6 Å². The van der Waals surface area contributed by atoms with Gasteiger partial charge in [0.05, 0.1) is 14.2 Å². The van der Waals surface area contributed by atoms with Gasteiger partial charge < -0.3 is 18.9 Å². The molecule has 8 heteroatoms. The molecule has 0 spiro atoms. The zero-order valence-corrected chi connectivity index (χ0v) is 16.7. The smallest absolute Gasteiger partial charge is 0.357 e. The molecule has 150 valence electrons. The van der Waals surface area contributed by atoms with Crippen molar-refractivity contribution in [3.63, 3.8) is 0 Å². The van der Waals surface area contributed by atoms with Crippen LogP contribution in [0.1, 0.15) is 25.9 Å². The van der Waals surface area contributed by atoms with Crippen LogP contribution in [-0.2, 0) is 11.3 Å². The van der Waals surface area contributed by atoms with E-state index in [4.69, 9.17) is 14.2 Å². The van der Waals surface area contributed by atoms with E-state index in [0.29, 0.717) is 18.1 Å². The van der Waals surface area contributed by atoms with Crippen molar-refractivity contribution in [1.29, 1.82) is 0 Å². The molecule has 0 saturated carbocycles. The van der Waals surface area contributed by atoms with E-state index >= 15 is 0 Å². The third-order valence-corrected chi connectivity index (χ3v) is 4.78. The standard InChI is InChI=1S/C21H19NO6S/c1-25-15-5-3-14(4-6-15)11-27-16-7-9-17(10-8-16)28-12-19(23)20-22-18(13-29-20)21(24)26-2/h3-10,13H,11-12H2,1-2H3. The number of ether oxygens (including phenoxy) is 4. The molecule has 0 bridgehead atoms. The number of esters is 1. The molecule has 0 amide bonds. The molecular weight excluding hydrogens is 394 g/mol. The zero-order valence-electron chi connectivity index (χ0n) is 15.9. The first kappa shape index (κ1) is 20.3. The molecule has 1 heterocycles. The Bertz CT molecular complexity index is 966. The second-order valence-corrected chi connectivity index (χ2v) is 6.71. The van der Waals surface area contributed by atoms with Crippen LogP contribution in [0.2, 0.25) is 0 Å². The highest BCUT2D eigenvalue weighted by molar-refractivity contribution is 7.12. The molecule has 0 fully saturated rings. The van der Waals surface area contributed by atoms with Gasteiger partial charge in [-0.05, 0) is 42.0 Å². The van der Waals surface area contributed by atoms with Crippen molar-refractivity contribution in [1.82, 2.24) is 4.98 Å². The Morgan fingerprint density at radius 2 is 1.52 bits per heavy atom. The van der Waals surface area contributed by atoms with Crippen molar-refractivity contribution >= 4 is 23.1 Å². The number of rotatable bonds is 9. The van der Waals surface area contributed by atoms with Gasteiger partial charge >= 0.3 is 5.97 Å². The first-order valence-electron chi connectivity index (χ1n) is 8.64. The lowest BCUT2D eigenvalue weighted by atomic mass is 10.2. The molecule has 0 atom stereocenters. The third kappa shape index (κ3) is 5.55. The third-order valence-electron chi connectivity index (χ3n) is 3.90. The minimum Gasteiger partial charge on any atom is -0.497 e. The SMILES string of the molecule is COC(=O)c1csc(C(=O)COc2ccc(OCc3ccc(OC)cc3)cc2)n1. The second-order valence-electron chi connectivity index (χ2n) is 5.85. The van der Waals surface area contributed by atoms with E-state index in [1.54, 1.807) is 31.4 Å². The van der Waals surface area contributed by atoms with E-state index < -0.39 is 5.97 Å². The molecule has 3 aromatic rings. The Balaban J connectivity index is 1.49. The number of ketones is 1. The van der Waals surface area contributed by atoms with E-state index in [9.17, 15) is 9.59 Å². The lowest BCUT2D eigenvalue weighted by Gasteiger charge is -2.09. The average Bonchev–Trinajstić information content (AvgIpc) is 3.27. The van der Waals surface area contributed by atoms with Crippen molar-refractivity contribution in [2.24, 2.45) is 0 Å². The number of hydrogen-bond acceptors (Lipinski definition) is 8. The van der Waals surface area contributed by atoms with Crippen LogP contribution >= 0.6 is 11.3 Å². The lowest BCUT2D eigenvalue weighted by Crippen LogP contribution is -2.12. The summed E-state index contributed by atoms with van der Waals surface area (Å²) in [5, 5.41) is 1.68. The van der Waals surface area contributed by atoms with Crippen molar-refractivity contribution in [3.8, 4) is 17.2 Å². The Kier molecular flexibility index (Phi) is 6.80. The van der Waals surface area contributed by atoms with Crippen LogP contribution in [0.4, 0.5) is 0 Å². The van der Waals surface area contributed by atoms with Gasteiger partial charge in [-0.1, -0.05) is 12.1 Å². The number of hydrogen-bond donors (Lipinski definition) is 0. The lowest BCUT2D eigenvalue weighted by molar-refractivity contribution is 0.0595. The number of nitrogens with zero attached hydrogens (tertiary/aromatic N) is 1. The molecular formula is C21H19NO6S. The number of Topliss-reactive ketones (excluding diaryl/α,β-unsaturated/α-hetero) is 1. The molecule has 29 heavy (non-hydrogen) atoms. The predicted molar refractivity (Wildman–Crippen MR) is 107 cm³/mol. The van der Waals surface area contributed by atoms with Crippen molar-refractivity contribution < 1.29 is 28.5 Å². The maximum absolute atomic E-state index is 12.2. The molecule has 0 radical (unpaired) electrons. The molecule has 1 aromatic heterocycles. The number of aromatic nitrogens is 1. The largest absolute Gasteiger partial charge is 0.497 e. The van der Waals surface area contributed by atoms with Gasteiger partial charge in [-0.15, -0.1) is 11.3 Å². The van der Waals surface area contributed by atoms with Crippen LogP contribution in [0.15, 0.2) is 53.9 Å². The Labute approximate surface area is 171 Å². The quantitative estimate of drug-likeness (QED) is 0.390. The van der Waals surface area contributed by atoms with Crippen LogP contribution in [0.3, 0.4) is 0 Å². The van der Waals surface area contributed by atoms with Crippen molar-refractivity contribution in [2.75, 3.05) is 20.8 Å². The minimum absolute atomic E-state index is 0.110. The van der Waals surface area contributed by atoms with Gasteiger partial charge in [-0.2, -0.15) is 0 Å². The Morgan fingerprint density at radius 3 is 2.14 bits per heavy atom. The fourth-order valence-electron chi connectivity index (χ4n) is 2.33. The predicted octanol–water partition coefficient (Wildman–Crippen LogP) is 3.78. The summed E-state index contributed by atoms with van der Waals surface area (Å²) in [4.78, 5) is 27.5. The Hall–Kier alpha value is -3.39. The highest BCUT2D eigenvalue weighted by atomic mass is 32.1. The van der Waals surface area contributed by atoms with Gasteiger partial charge in [0, 0.05) is 5.38 Å². The van der Waals surface area contributed by atoms with Gasteiger partial charge in [-0.25, -0.2) is 9.78 Å². The highest BCUT2D eigenvalue weighted by Crippen LogP contribution is 2.20. The summed E-state index contributed by atoms with van der Waals surface area (Å²) >= 11 is 1.08. The molecule has 3 rings (SSSR count). The summed E-state index contributed by atoms with van der Waals surface area (Å²) in [6.45, 7) is 0.245. The van der Waals surface area contributed by atoms with E-state index in [-0.39, 0.29) is 23.1 Å². The van der Waals surface area contributed by atoms with Crippen LogP contribution in [0, 0.1) is 0 Å². The topological polar surface area (TPSA) is 84.0 Å². The summed E-state index contributed by atoms with van der Waals surface area (Å²) in [5.41, 5.74) is 1.13. The highest BCUT2D eigenvalue weighted by Gasteiger charge is 2.16. The molecule has 0 aliphatic carbocycles. The summed E-state index contributed by atoms with van der Waals surface area (Å²) in [7, 11) is 2.88. The van der Waals surface area contributed by atoms with Gasteiger partial charge in [-0.3, -0.25) is 4.79 Å². The average molecular weight is 413 g/mol. The summed E-state index contributed by atoms with van der Waals surface area (Å²) in [6, 6.07) is 14.6. The maximum Gasteiger partial charge on any atom is 0.357 e. The fourth-order valence-corrected chi connectivity index (χ4v) is 3.04. The molecule has 0 N–H and O–H groups in total. The van der Waals surface area contributed by atoms with E-state index in [1.807, 2.05) is 24.3 Å². The molecule has 0 aliphatic heterocycles. The number of thiazole rings is 1. The summed E-state index contributed by atoms with van der Waals surface area (Å²) in [5.74, 6) is 1.11.